The number of halogens is 4. The van der Waals surface area contributed by atoms with E-state index in [-0.39, 0.29) is 22.8 Å². The van der Waals surface area contributed by atoms with Gasteiger partial charge in [0.2, 0.25) is 0 Å². The number of aromatic nitrogens is 1. The summed E-state index contributed by atoms with van der Waals surface area (Å²) in [6, 6.07) is 10.9. The number of nitrogens with one attached hydrogen (secondary N) is 1. The molecule has 0 aliphatic heterocycles. The number of amides is 1. The lowest BCUT2D eigenvalue weighted by molar-refractivity contribution is 0.102. The normalized spacial score (nSPS) is 10.7. The molecule has 0 aliphatic carbocycles. The third-order valence-electron chi connectivity index (χ3n) is 3.73. The Labute approximate surface area is 163 Å². The zero-order valence-corrected chi connectivity index (χ0v) is 15.2. The Balaban J connectivity index is 1.90. The predicted molar refractivity (Wildman–Crippen MR) is 101 cm³/mol. The van der Waals surface area contributed by atoms with Crippen molar-refractivity contribution in [3.8, 4) is 0 Å². The number of anilines is 1. The lowest BCUT2D eigenvalue weighted by Gasteiger charge is -2.11. The highest BCUT2D eigenvalue weighted by atomic mass is 35.5. The number of pyridine rings is 1. The van der Waals surface area contributed by atoms with Crippen LogP contribution in [-0.4, -0.2) is 10.5 Å². The fraction of sp³-hybridized carbons (Fsp3) is 0.0526. The highest BCUT2D eigenvalue weighted by Gasteiger charge is 2.14. The van der Waals surface area contributed by atoms with Gasteiger partial charge in [-0.1, -0.05) is 35.3 Å². The topological polar surface area (TPSA) is 51.1 Å². The Morgan fingerprint density at radius 2 is 1.85 bits per heavy atom. The number of hydrogen-bond acceptors (Lipinski definition) is 2. The molecule has 1 N–H and O–H groups in total. The van der Waals surface area contributed by atoms with Gasteiger partial charge in [-0.15, -0.1) is 0 Å². The molecule has 0 fully saturated rings. The number of benzene rings is 2. The molecule has 0 aliphatic rings. The first-order valence-electron chi connectivity index (χ1n) is 7.74. The van der Waals surface area contributed by atoms with Crippen molar-refractivity contribution in [2.24, 2.45) is 0 Å². The minimum Gasteiger partial charge on any atom is -0.319 e. The van der Waals surface area contributed by atoms with Crippen LogP contribution >= 0.6 is 23.2 Å². The van der Waals surface area contributed by atoms with E-state index in [4.69, 9.17) is 23.2 Å². The van der Waals surface area contributed by atoms with E-state index in [1.807, 2.05) is 0 Å². The summed E-state index contributed by atoms with van der Waals surface area (Å²) in [5.41, 5.74) is 0.111. The average molecular weight is 409 g/mol. The van der Waals surface area contributed by atoms with Crippen molar-refractivity contribution in [3.63, 3.8) is 0 Å². The van der Waals surface area contributed by atoms with E-state index in [1.165, 1.54) is 16.8 Å². The van der Waals surface area contributed by atoms with Crippen molar-refractivity contribution in [2.75, 3.05) is 5.32 Å². The second-order valence-corrected chi connectivity index (χ2v) is 6.56. The summed E-state index contributed by atoms with van der Waals surface area (Å²) in [6.07, 6.45) is 1.31. The van der Waals surface area contributed by atoms with Crippen LogP contribution in [0.15, 0.2) is 59.5 Å². The van der Waals surface area contributed by atoms with Crippen LogP contribution in [0.3, 0.4) is 0 Å². The number of nitrogens with zero attached hydrogens (tertiary/aromatic N) is 1. The van der Waals surface area contributed by atoms with Gasteiger partial charge in [0.05, 0.1) is 17.8 Å². The standard InChI is InChI=1S/C19H12Cl2F2N2O2/c20-13-3-1-2-11(6-13)9-25-10-12(7-15(21)19(25)27)18(26)24-17-5-4-14(22)8-16(17)23/h1-8,10H,9H2,(H,24,26). The maximum absolute atomic E-state index is 13.7. The van der Waals surface area contributed by atoms with E-state index < -0.39 is 23.1 Å². The summed E-state index contributed by atoms with van der Waals surface area (Å²) in [6.45, 7) is 0.144. The Morgan fingerprint density at radius 1 is 1.07 bits per heavy atom. The summed E-state index contributed by atoms with van der Waals surface area (Å²) in [5, 5.41) is 2.67. The summed E-state index contributed by atoms with van der Waals surface area (Å²) in [5.74, 6) is -2.37. The first-order chi connectivity index (χ1) is 12.8. The maximum Gasteiger partial charge on any atom is 0.269 e. The summed E-state index contributed by atoms with van der Waals surface area (Å²) < 4.78 is 28.0. The van der Waals surface area contributed by atoms with Crippen molar-refractivity contribution in [3.05, 3.63) is 97.9 Å². The molecule has 3 aromatic rings. The van der Waals surface area contributed by atoms with Gasteiger partial charge in [-0.05, 0) is 35.9 Å². The highest BCUT2D eigenvalue weighted by molar-refractivity contribution is 6.31. The van der Waals surface area contributed by atoms with Crippen LogP contribution in [0.25, 0.3) is 0 Å². The van der Waals surface area contributed by atoms with Gasteiger partial charge in [-0.25, -0.2) is 8.78 Å². The second-order valence-electron chi connectivity index (χ2n) is 5.72. The molecule has 0 atom stereocenters. The lowest BCUT2D eigenvalue weighted by Crippen LogP contribution is -2.24. The van der Waals surface area contributed by atoms with Gasteiger partial charge in [-0.2, -0.15) is 0 Å². The molecule has 1 heterocycles. The lowest BCUT2D eigenvalue weighted by atomic mass is 10.2. The van der Waals surface area contributed by atoms with Gasteiger partial charge in [0.15, 0.2) is 0 Å². The molecule has 0 bridgehead atoms. The highest BCUT2D eigenvalue weighted by Crippen LogP contribution is 2.17. The Bertz CT molecular complexity index is 1080. The molecule has 0 saturated heterocycles. The molecule has 0 saturated carbocycles. The molecule has 138 valence electrons. The SMILES string of the molecule is O=C(Nc1ccc(F)cc1F)c1cc(Cl)c(=O)n(Cc2cccc(Cl)c2)c1. The summed E-state index contributed by atoms with van der Waals surface area (Å²) in [4.78, 5) is 24.7. The Hall–Kier alpha value is -2.70. The number of rotatable bonds is 4. The van der Waals surface area contributed by atoms with Crippen LogP contribution in [0.5, 0.6) is 0 Å². The van der Waals surface area contributed by atoms with Crippen LogP contribution in [0.1, 0.15) is 15.9 Å². The Kier molecular flexibility index (Phi) is 5.58. The third-order valence-corrected chi connectivity index (χ3v) is 4.23. The monoisotopic (exact) mass is 408 g/mol. The molecular weight excluding hydrogens is 397 g/mol. The fourth-order valence-corrected chi connectivity index (χ4v) is 2.90. The van der Waals surface area contributed by atoms with Gasteiger partial charge in [0.1, 0.15) is 16.7 Å². The van der Waals surface area contributed by atoms with Crippen molar-refractivity contribution >= 4 is 34.8 Å². The van der Waals surface area contributed by atoms with Crippen LogP contribution in [0.2, 0.25) is 10.0 Å². The second kappa shape index (κ2) is 7.90. The zero-order valence-electron chi connectivity index (χ0n) is 13.7. The smallest absolute Gasteiger partial charge is 0.269 e. The molecule has 27 heavy (non-hydrogen) atoms. The predicted octanol–water partition coefficient (Wildman–Crippen LogP) is 4.73. The van der Waals surface area contributed by atoms with Crippen molar-refractivity contribution in [2.45, 2.75) is 6.54 Å². The van der Waals surface area contributed by atoms with Gasteiger partial charge < -0.3 is 9.88 Å². The fourth-order valence-electron chi connectivity index (χ4n) is 2.46. The largest absolute Gasteiger partial charge is 0.319 e. The van der Waals surface area contributed by atoms with E-state index in [2.05, 4.69) is 5.32 Å². The zero-order chi connectivity index (χ0) is 19.6. The molecule has 0 radical (unpaired) electrons. The number of hydrogen-bond donors (Lipinski definition) is 1. The van der Waals surface area contributed by atoms with Crippen molar-refractivity contribution in [1.82, 2.24) is 4.57 Å². The van der Waals surface area contributed by atoms with E-state index in [9.17, 15) is 18.4 Å². The maximum atomic E-state index is 13.7. The molecule has 4 nitrogen and oxygen atoms in total. The van der Waals surface area contributed by atoms with E-state index in [0.717, 1.165) is 17.7 Å². The van der Waals surface area contributed by atoms with E-state index >= 15 is 0 Å². The molecule has 0 spiro atoms. The first kappa shape index (κ1) is 19.1. The van der Waals surface area contributed by atoms with Gasteiger partial charge in [-0.3, -0.25) is 9.59 Å². The Morgan fingerprint density at radius 3 is 2.56 bits per heavy atom. The summed E-state index contributed by atoms with van der Waals surface area (Å²) >= 11 is 11.9. The molecule has 3 rings (SSSR count). The van der Waals surface area contributed by atoms with Crippen LogP contribution < -0.4 is 10.9 Å². The van der Waals surface area contributed by atoms with Gasteiger partial charge in [0, 0.05) is 17.3 Å². The molecule has 1 aromatic heterocycles. The molecule has 1 amide bonds. The average Bonchev–Trinajstić information content (AvgIpc) is 2.61. The van der Waals surface area contributed by atoms with E-state index in [1.54, 1.807) is 24.3 Å². The minimum atomic E-state index is -0.915. The molecule has 2 aromatic carbocycles. The van der Waals surface area contributed by atoms with Crippen molar-refractivity contribution in [1.29, 1.82) is 0 Å². The summed E-state index contributed by atoms with van der Waals surface area (Å²) in [7, 11) is 0. The van der Waals surface area contributed by atoms with Crippen LogP contribution in [0, 0.1) is 11.6 Å². The van der Waals surface area contributed by atoms with Crippen LogP contribution in [-0.2, 0) is 6.54 Å². The number of carbonyl (C=O) groups is 1. The van der Waals surface area contributed by atoms with E-state index in [0.29, 0.717) is 11.1 Å². The van der Waals surface area contributed by atoms with Gasteiger partial charge in [0.25, 0.3) is 11.5 Å². The molecule has 8 heteroatoms. The number of carbonyl (C=O) groups excluding carboxylic acids is 1. The van der Waals surface area contributed by atoms with Crippen LogP contribution in [0.4, 0.5) is 14.5 Å². The van der Waals surface area contributed by atoms with Gasteiger partial charge >= 0.3 is 0 Å². The molecule has 0 unspecified atom stereocenters. The quantitative estimate of drug-likeness (QED) is 0.677. The minimum absolute atomic E-state index is 0.0466. The first-order valence-corrected chi connectivity index (χ1v) is 8.50. The molecular formula is C19H12Cl2F2N2O2. The van der Waals surface area contributed by atoms with Crippen molar-refractivity contribution < 1.29 is 13.6 Å². The third kappa shape index (κ3) is 4.53.